The van der Waals surface area contributed by atoms with Crippen LogP contribution in [0.1, 0.15) is 12.8 Å². The Balaban J connectivity index is 6.61. The monoisotopic (exact) mass is 582 g/mol. The van der Waals surface area contributed by atoms with E-state index < -0.39 is 50.9 Å². The molecule has 188 valence electrons. The van der Waals surface area contributed by atoms with Crippen molar-refractivity contribution < 1.29 is 20.6 Å². The van der Waals surface area contributed by atoms with Gasteiger partial charge in [0.2, 0.25) is 0 Å². The van der Waals surface area contributed by atoms with Gasteiger partial charge in [-0.2, -0.15) is 0 Å². The van der Waals surface area contributed by atoms with Crippen molar-refractivity contribution in [3.63, 3.8) is 0 Å². The fourth-order valence-electron chi connectivity index (χ4n) is 3.10. The van der Waals surface area contributed by atoms with E-state index in [0.717, 1.165) is 12.8 Å². The van der Waals surface area contributed by atoms with Crippen LogP contribution in [0.25, 0.3) is 0 Å². The molecule has 31 heavy (non-hydrogen) atoms. The maximum Gasteiger partial charge on any atom is 0.472 e. The molecular weight excluding hydrogens is 536 g/mol. The lowest BCUT2D eigenvalue weighted by Crippen LogP contribution is -2.67. The van der Waals surface area contributed by atoms with Gasteiger partial charge in [-0.15, -0.1) is 23.2 Å². The number of alkyl halides is 2. The third-order valence-electron chi connectivity index (χ3n) is 3.39. The molecule has 0 heterocycles. The molecule has 0 aromatic rings. The van der Waals surface area contributed by atoms with E-state index in [4.69, 9.17) is 43.8 Å². The Bertz CT molecular complexity index is 451. The van der Waals surface area contributed by atoms with E-state index in [1.807, 2.05) is 0 Å². The highest BCUT2D eigenvalue weighted by Crippen LogP contribution is 2.35. The average Bonchev–Trinajstić information content (AvgIpc) is 2.43. The molecule has 0 unspecified atom stereocenters. The summed E-state index contributed by atoms with van der Waals surface area (Å²) < 4.78 is 34.5. The van der Waals surface area contributed by atoms with Gasteiger partial charge in [-0.25, -0.2) is 0 Å². The molecule has 0 aliphatic rings. The van der Waals surface area contributed by atoms with E-state index in [0.29, 0.717) is 23.8 Å². The molecule has 0 aromatic carbocycles. The minimum absolute atomic E-state index is 0.544. The van der Waals surface area contributed by atoms with Crippen LogP contribution >= 0.6 is 23.2 Å². The van der Waals surface area contributed by atoms with E-state index >= 15 is 0 Å². The van der Waals surface area contributed by atoms with Gasteiger partial charge in [0.25, 0.3) is 0 Å². The third-order valence-corrected chi connectivity index (χ3v) is 23.1. The summed E-state index contributed by atoms with van der Waals surface area (Å²) in [6.07, 6.45) is 1.56. The van der Waals surface area contributed by atoms with Crippen LogP contribution in [0.4, 0.5) is 0 Å². The molecule has 13 heteroatoms. The molecule has 0 N–H and O–H groups in total. The highest BCUT2D eigenvalue weighted by Gasteiger charge is 2.58. The molecule has 5 nitrogen and oxygen atoms in total. The maximum atomic E-state index is 7.14. The number of rotatable bonds is 16. The van der Waals surface area contributed by atoms with Gasteiger partial charge in [-0.05, 0) is 91.4 Å². The molecule has 0 spiro atoms. The quantitative estimate of drug-likeness (QED) is 0.139. The summed E-state index contributed by atoms with van der Waals surface area (Å²) in [5, 5.41) is 0. The highest BCUT2D eigenvalue weighted by molar-refractivity contribution is 6.92. The molecule has 0 aliphatic carbocycles. The van der Waals surface area contributed by atoms with Crippen LogP contribution in [-0.4, -0.2) is 62.6 Å². The molecule has 0 radical (unpaired) electrons. The first kappa shape index (κ1) is 32.7. The van der Waals surface area contributed by atoms with Crippen LogP contribution in [0.3, 0.4) is 0 Å². The summed E-state index contributed by atoms with van der Waals surface area (Å²) in [4.78, 5) is 0. The largest absolute Gasteiger partial charge is 0.472 e. The van der Waals surface area contributed by atoms with Crippen molar-refractivity contribution in [2.75, 3.05) is 11.8 Å². The Morgan fingerprint density at radius 2 is 0.645 bits per heavy atom. The van der Waals surface area contributed by atoms with Crippen molar-refractivity contribution in [1.29, 1.82) is 0 Å². The number of hydrogen-bond acceptors (Lipinski definition) is 5. The van der Waals surface area contributed by atoms with Crippen LogP contribution in [-0.2, 0) is 20.6 Å². The fourth-order valence-corrected chi connectivity index (χ4v) is 27.6. The summed E-state index contributed by atoms with van der Waals surface area (Å²) in [5.74, 6) is 1.09. The second-order valence-corrected chi connectivity index (χ2v) is 37.4. The first-order valence-electron chi connectivity index (χ1n) is 11.3. The van der Waals surface area contributed by atoms with Gasteiger partial charge < -0.3 is 20.6 Å². The topological polar surface area (TPSA) is 46.2 Å². The average molecular weight is 584 g/mol. The van der Waals surface area contributed by atoms with E-state index in [-0.39, 0.29) is 0 Å². The normalized spacial score (nSPS) is 14.9. The lowest BCUT2D eigenvalue weighted by atomic mass is 10.6. The SMILES string of the molecule is C[Si](C)(C)O[Si](CCCCl)(O[Si](C)(C)C)O[Si](CCCCl)(O[Si](C)(C)C)O[Si](C)(C)C. The molecule has 0 aliphatic heterocycles. The van der Waals surface area contributed by atoms with Crippen LogP contribution in [0.5, 0.6) is 0 Å². The summed E-state index contributed by atoms with van der Waals surface area (Å²) in [6, 6.07) is 1.37. The zero-order valence-electron chi connectivity index (χ0n) is 22.0. The molecule has 0 rings (SSSR count). The summed E-state index contributed by atoms with van der Waals surface area (Å²) >= 11 is 12.3. The van der Waals surface area contributed by atoms with Gasteiger partial charge in [0, 0.05) is 23.8 Å². The first-order chi connectivity index (χ1) is 13.7. The van der Waals surface area contributed by atoms with Crippen molar-refractivity contribution in [3.05, 3.63) is 0 Å². The number of halogens is 2. The van der Waals surface area contributed by atoms with Crippen molar-refractivity contribution >= 4 is 74.1 Å². The standard InChI is InChI=1S/C18H48Cl2O5Si6/c1-26(2,3)21-30(17-13-15-19,22-27(4,5)6)25-31(18-14-16-20,23-28(7,8)9)24-29(10,11)12/h13-18H2,1-12H3. The van der Waals surface area contributed by atoms with E-state index in [2.05, 4.69) is 78.6 Å². The van der Waals surface area contributed by atoms with Crippen LogP contribution < -0.4 is 0 Å². The molecule has 0 fully saturated rings. The van der Waals surface area contributed by atoms with Gasteiger partial charge in [-0.1, -0.05) is 0 Å². The number of hydrogen-bond donors (Lipinski definition) is 0. The predicted molar refractivity (Wildman–Crippen MR) is 151 cm³/mol. The Morgan fingerprint density at radius 3 is 0.806 bits per heavy atom. The Labute approximate surface area is 209 Å². The lowest BCUT2D eigenvalue weighted by Gasteiger charge is -2.47. The van der Waals surface area contributed by atoms with Crippen molar-refractivity contribution in [2.24, 2.45) is 0 Å². The highest BCUT2D eigenvalue weighted by atomic mass is 35.5. The molecule has 0 atom stereocenters. The van der Waals surface area contributed by atoms with E-state index in [1.54, 1.807) is 0 Å². The zero-order valence-corrected chi connectivity index (χ0v) is 29.6. The van der Waals surface area contributed by atoms with E-state index in [1.165, 1.54) is 0 Å². The summed E-state index contributed by atoms with van der Waals surface area (Å²) in [5.41, 5.74) is 0. The second kappa shape index (κ2) is 12.6. The molecule has 0 saturated heterocycles. The van der Waals surface area contributed by atoms with Gasteiger partial charge in [-0.3, -0.25) is 0 Å². The van der Waals surface area contributed by atoms with Crippen LogP contribution in [0.15, 0.2) is 0 Å². The Kier molecular flexibility index (Phi) is 13.3. The van der Waals surface area contributed by atoms with E-state index in [9.17, 15) is 0 Å². The van der Waals surface area contributed by atoms with Gasteiger partial charge >= 0.3 is 17.6 Å². The molecule has 0 amide bonds. The van der Waals surface area contributed by atoms with Crippen molar-refractivity contribution in [1.82, 2.24) is 0 Å². The first-order valence-corrected chi connectivity index (χ1v) is 29.8. The predicted octanol–water partition coefficient (Wildman–Crippen LogP) is 7.54. The zero-order chi connectivity index (χ0) is 24.8. The molecule has 0 saturated carbocycles. The minimum atomic E-state index is -3.12. The fraction of sp³-hybridized carbons (Fsp3) is 1.00. The molecule has 0 aromatic heterocycles. The van der Waals surface area contributed by atoms with Crippen LogP contribution in [0.2, 0.25) is 90.7 Å². The third kappa shape index (κ3) is 16.1. The second-order valence-electron chi connectivity index (χ2n) is 11.9. The van der Waals surface area contributed by atoms with Crippen molar-refractivity contribution in [2.45, 2.75) is 103 Å². The smallest absolute Gasteiger partial charge is 0.417 e. The summed E-state index contributed by atoms with van der Waals surface area (Å²) in [6.45, 7) is 26.3. The minimum Gasteiger partial charge on any atom is -0.417 e. The molecular formula is C18H48Cl2O5Si6. The van der Waals surface area contributed by atoms with Gasteiger partial charge in [0.15, 0.2) is 33.3 Å². The van der Waals surface area contributed by atoms with Gasteiger partial charge in [0.1, 0.15) is 0 Å². The summed E-state index contributed by atoms with van der Waals surface area (Å²) in [7, 11) is -14.2. The van der Waals surface area contributed by atoms with Crippen LogP contribution in [0, 0.1) is 0 Å². The lowest BCUT2D eigenvalue weighted by molar-refractivity contribution is 0.172. The Hall–Kier alpha value is 1.68. The maximum absolute atomic E-state index is 7.14. The van der Waals surface area contributed by atoms with Gasteiger partial charge in [0.05, 0.1) is 0 Å². The Morgan fingerprint density at radius 1 is 0.419 bits per heavy atom. The van der Waals surface area contributed by atoms with Crippen molar-refractivity contribution in [3.8, 4) is 0 Å². The molecule has 0 bridgehead atoms.